The zero-order valence-corrected chi connectivity index (χ0v) is 11.6. The van der Waals surface area contributed by atoms with Crippen LogP contribution in [0.5, 0.6) is 5.75 Å². The highest BCUT2D eigenvalue weighted by molar-refractivity contribution is 5.94. The standard InChI is InChI=1S/C16H17NO4/c18-15(5-6-16(19)20)17(13-2-3-13)10-11-1-4-14-12(9-11)7-8-21-14/h1,4-6,9,13H,2-3,7-8,10H2,(H,19,20). The summed E-state index contributed by atoms with van der Waals surface area (Å²) in [6.07, 6.45) is 4.91. The van der Waals surface area contributed by atoms with E-state index in [0.717, 1.165) is 42.7 Å². The quantitative estimate of drug-likeness (QED) is 0.838. The summed E-state index contributed by atoms with van der Waals surface area (Å²) < 4.78 is 5.47. The number of carbonyl (C=O) groups excluding carboxylic acids is 1. The second-order valence-electron chi connectivity index (χ2n) is 5.41. The van der Waals surface area contributed by atoms with Crippen LogP contribution in [0.2, 0.25) is 0 Å². The highest BCUT2D eigenvalue weighted by atomic mass is 16.5. The zero-order chi connectivity index (χ0) is 14.8. The van der Waals surface area contributed by atoms with E-state index in [1.165, 1.54) is 5.56 Å². The van der Waals surface area contributed by atoms with Gasteiger partial charge in [-0.05, 0) is 30.0 Å². The number of hydrogen-bond donors (Lipinski definition) is 1. The van der Waals surface area contributed by atoms with E-state index >= 15 is 0 Å². The molecule has 1 N–H and O–H groups in total. The van der Waals surface area contributed by atoms with Crippen LogP contribution in [0, 0.1) is 0 Å². The molecule has 2 aliphatic rings. The predicted octanol–water partition coefficient (Wildman–Crippen LogP) is 1.75. The molecule has 1 aliphatic heterocycles. The van der Waals surface area contributed by atoms with E-state index in [0.29, 0.717) is 13.2 Å². The van der Waals surface area contributed by atoms with Crippen molar-refractivity contribution < 1.29 is 19.4 Å². The minimum absolute atomic E-state index is 0.237. The van der Waals surface area contributed by atoms with Crippen molar-refractivity contribution >= 4 is 11.9 Å². The molecule has 5 heteroatoms. The molecule has 0 saturated heterocycles. The van der Waals surface area contributed by atoms with Crippen LogP contribution in [-0.2, 0) is 22.6 Å². The van der Waals surface area contributed by atoms with Crippen LogP contribution in [0.15, 0.2) is 30.4 Å². The Morgan fingerprint density at radius 3 is 2.86 bits per heavy atom. The van der Waals surface area contributed by atoms with E-state index in [1.807, 2.05) is 12.1 Å². The number of rotatable bonds is 5. The number of ether oxygens (including phenoxy) is 1. The number of carboxylic acid groups (broad SMARTS) is 1. The van der Waals surface area contributed by atoms with E-state index in [4.69, 9.17) is 9.84 Å². The van der Waals surface area contributed by atoms with Crippen LogP contribution in [0.25, 0.3) is 0 Å². The van der Waals surface area contributed by atoms with Gasteiger partial charge in [-0.3, -0.25) is 4.79 Å². The molecular formula is C16H17NO4. The van der Waals surface area contributed by atoms with Gasteiger partial charge in [-0.2, -0.15) is 0 Å². The molecule has 1 saturated carbocycles. The van der Waals surface area contributed by atoms with Gasteiger partial charge in [0.25, 0.3) is 0 Å². The molecule has 0 unspecified atom stereocenters. The number of nitrogens with zero attached hydrogens (tertiary/aromatic N) is 1. The fourth-order valence-corrected chi connectivity index (χ4v) is 2.55. The molecule has 1 aromatic rings. The van der Waals surface area contributed by atoms with Gasteiger partial charge < -0.3 is 14.7 Å². The fraction of sp³-hybridized carbons (Fsp3) is 0.375. The number of benzene rings is 1. The monoisotopic (exact) mass is 287 g/mol. The largest absolute Gasteiger partial charge is 0.493 e. The first-order valence-electron chi connectivity index (χ1n) is 7.10. The van der Waals surface area contributed by atoms with Gasteiger partial charge in [0, 0.05) is 31.2 Å². The van der Waals surface area contributed by atoms with Crippen LogP contribution in [-0.4, -0.2) is 34.5 Å². The summed E-state index contributed by atoms with van der Waals surface area (Å²) in [4.78, 5) is 24.4. The Morgan fingerprint density at radius 2 is 2.14 bits per heavy atom. The van der Waals surface area contributed by atoms with Gasteiger partial charge in [-0.15, -0.1) is 0 Å². The van der Waals surface area contributed by atoms with Gasteiger partial charge in [-0.1, -0.05) is 12.1 Å². The van der Waals surface area contributed by atoms with Crippen molar-refractivity contribution in [1.82, 2.24) is 4.90 Å². The lowest BCUT2D eigenvalue weighted by molar-refractivity contribution is -0.132. The van der Waals surface area contributed by atoms with Crippen LogP contribution >= 0.6 is 0 Å². The Morgan fingerprint density at radius 1 is 1.33 bits per heavy atom. The Balaban J connectivity index is 1.73. The van der Waals surface area contributed by atoms with Crippen molar-refractivity contribution in [2.24, 2.45) is 0 Å². The molecule has 0 bridgehead atoms. The molecule has 0 radical (unpaired) electrons. The summed E-state index contributed by atoms with van der Waals surface area (Å²) >= 11 is 0. The summed E-state index contributed by atoms with van der Waals surface area (Å²) in [7, 11) is 0. The van der Waals surface area contributed by atoms with Crippen molar-refractivity contribution in [3.63, 3.8) is 0 Å². The first kappa shape index (κ1) is 13.7. The summed E-state index contributed by atoms with van der Waals surface area (Å²) in [6.45, 7) is 1.23. The summed E-state index contributed by atoms with van der Waals surface area (Å²) in [5.74, 6) is -0.417. The third-order valence-electron chi connectivity index (χ3n) is 3.75. The van der Waals surface area contributed by atoms with Gasteiger partial charge >= 0.3 is 5.97 Å². The Bertz CT molecular complexity index is 604. The Labute approximate surface area is 122 Å². The van der Waals surface area contributed by atoms with E-state index in [-0.39, 0.29) is 11.9 Å². The van der Waals surface area contributed by atoms with Gasteiger partial charge in [0.2, 0.25) is 5.91 Å². The molecule has 21 heavy (non-hydrogen) atoms. The summed E-state index contributed by atoms with van der Waals surface area (Å²) in [5, 5.41) is 8.62. The SMILES string of the molecule is O=C(O)C=CC(=O)N(Cc1ccc2c(c1)CCO2)C1CC1. The number of hydrogen-bond acceptors (Lipinski definition) is 3. The lowest BCUT2D eigenvalue weighted by atomic mass is 10.1. The molecule has 0 aromatic heterocycles. The average Bonchev–Trinajstić information content (AvgIpc) is 3.19. The van der Waals surface area contributed by atoms with Crippen molar-refractivity contribution in [2.75, 3.05) is 6.61 Å². The molecular weight excluding hydrogens is 270 g/mol. The number of aliphatic carboxylic acids is 1. The average molecular weight is 287 g/mol. The molecule has 3 rings (SSSR count). The highest BCUT2D eigenvalue weighted by Gasteiger charge is 2.31. The number of carboxylic acids is 1. The maximum atomic E-state index is 12.1. The van der Waals surface area contributed by atoms with Crippen LogP contribution in [0.4, 0.5) is 0 Å². The molecule has 1 aromatic carbocycles. The topological polar surface area (TPSA) is 66.8 Å². The molecule has 1 fully saturated rings. The van der Waals surface area contributed by atoms with Gasteiger partial charge in [-0.25, -0.2) is 4.79 Å². The van der Waals surface area contributed by atoms with Gasteiger partial charge in [0.05, 0.1) is 6.61 Å². The first-order valence-corrected chi connectivity index (χ1v) is 7.10. The lowest BCUT2D eigenvalue weighted by Crippen LogP contribution is -2.31. The first-order chi connectivity index (χ1) is 10.1. The Kier molecular flexibility index (Phi) is 3.64. The van der Waals surface area contributed by atoms with Crippen molar-refractivity contribution in [3.05, 3.63) is 41.5 Å². The van der Waals surface area contributed by atoms with Gasteiger partial charge in [0.15, 0.2) is 0 Å². The van der Waals surface area contributed by atoms with Crippen LogP contribution in [0.1, 0.15) is 24.0 Å². The minimum atomic E-state index is -1.10. The smallest absolute Gasteiger partial charge is 0.328 e. The molecule has 110 valence electrons. The van der Waals surface area contributed by atoms with E-state index in [2.05, 4.69) is 6.07 Å². The van der Waals surface area contributed by atoms with Crippen molar-refractivity contribution in [3.8, 4) is 5.75 Å². The molecule has 1 aliphatic carbocycles. The second-order valence-corrected chi connectivity index (χ2v) is 5.41. The van der Waals surface area contributed by atoms with E-state index in [9.17, 15) is 9.59 Å². The van der Waals surface area contributed by atoms with Crippen LogP contribution < -0.4 is 4.74 Å². The van der Waals surface area contributed by atoms with Gasteiger partial charge in [0.1, 0.15) is 5.75 Å². The number of amides is 1. The number of carbonyl (C=O) groups is 2. The third-order valence-corrected chi connectivity index (χ3v) is 3.75. The van der Waals surface area contributed by atoms with Crippen molar-refractivity contribution in [1.29, 1.82) is 0 Å². The Hall–Kier alpha value is -2.30. The summed E-state index contributed by atoms with van der Waals surface area (Å²) in [6, 6.07) is 6.22. The molecule has 0 atom stereocenters. The maximum Gasteiger partial charge on any atom is 0.328 e. The predicted molar refractivity (Wildman–Crippen MR) is 76.0 cm³/mol. The maximum absolute atomic E-state index is 12.1. The van der Waals surface area contributed by atoms with Crippen LogP contribution in [0.3, 0.4) is 0 Å². The minimum Gasteiger partial charge on any atom is -0.493 e. The molecule has 1 heterocycles. The molecule has 5 nitrogen and oxygen atoms in total. The van der Waals surface area contributed by atoms with Crippen molar-refractivity contribution in [2.45, 2.75) is 31.8 Å². The normalized spacial score (nSPS) is 16.6. The zero-order valence-electron chi connectivity index (χ0n) is 11.6. The highest BCUT2D eigenvalue weighted by Crippen LogP contribution is 2.31. The molecule has 1 amide bonds. The fourth-order valence-electron chi connectivity index (χ4n) is 2.55. The second kappa shape index (κ2) is 5.60. The van der Waals surface area contributed by atoms with E-state index < -0.39 is 5.97 Å². The molecule has 0 spiro atoms. The third kappa shape index (κ3) is 3.24. The lowest BCUT2D eigenvalue weighted by Gasteiger charge is -2.21. The summed E-state index contributed by atoms with van der Waals surface area (Å²) in [5.41, 5.74) is 2.24. The number of fused-ring (bicyclic) bond motifs is 1. The van der Waals surface area contributed by atoms with E-state index in [1.54, 1.807) is 4.90 Å².